The number of anilines is 1. The van der Waals surface area contributed by atoms with Crippen LogP contribution in [0, 0.1) is 0 Å². The highest BCUT2D eigenvalue weighted by atomic mass is 19.4. The molecule has 1 aromatic rings. The van der Waals surface area contributed by atoms with Gasteiger partial charge in [0.25, 0.3) is 0 Å². The summed E-state index contributed by atoms with van der Waals surface area (Å²) >= 11 is 0. The third-order valence-electron chi connectivity index (χ3n) is 4.36. The lowest BCUT2D eigenvalue weighted by Gasteiger charge is -2.35. The Morgan fingerprint density at radius 1 is 0.909 bits per heavy atom. The van der Waals surface area contributed by atoms with Gasteiger partial charge in [-0.1, -0.05) is 0 Å². The minimum atomic E-state index is -4.27. The molecule has 0 spiro atoms. The second-order valence-corrected chi connectivity index (χ2v) is 5.97. The minimum Gasteiger partial charge on any atom is -0.371 e. The fraction of sp³-hybridized carbons (Fsp3) is 0.625. The molecule has 0 atom stereocenters. The SMILES string of the molecule is FC(F)(F)c1ccc(N2CCC(ON3CCCC3)CC2)cc1. The molecule has 2 aliphatic heterocycles. The molecular weight excluding hydrogens is 293 g/mol. The Morgan fingerprint density at radius 3 is 2.05 bits per heavy atom. The van der Waals surface area contributed by atoms with Gasteiger partial charge in [0.2, 0.25) is 0 Å². The lowest BCUT2D eigenvalue weighted by atomic mass is 10.1. The fourth-order valence-electron chi connectivity index (χ4n) is 3.08. The van der Waals surface area contributed by atoms with Gasteiger partial charge in [-0.15, -0.1) is 0 Å². The first kappa shape index (κ1) is 15.6. The summed E-state index contributed by atoms with van der Waals surface area (Å²) < 4.78 is 37.7. The summed E-state index contributed by atoms with van der Waals surface area (Å²) in [6.45, 7) is 3.67. The van der Waals surface area contributed by atoms with E-state index in [-0.39, 0.29) is 6.10 Å². The van der Waals surface area contributed by atoms with Gasteiger partial charge in [-0.05, 0) is 49.9 Å². The van der Waals surface area contributed by atoms with Gasteiger partial charge in [0.1, 0.15) is 0 Å². The van der Waals surface area contributed by atoms with E-state index in [0.717, 1.165) is 56.8 Å². The Morgan fingerprint density at radius 2 is 1.50 bits per heavy atom. The number of hydroxylamine groups is 2. The number of nitrogens with zero attached hydrogens (tertiary/aromatic N) is 2. The van der Waals surface area contributed by atoms with Crippen molar-refractivity contribution in [2.75, 3.05) is 31.1 Å². The molecule has 2 saturated heterocycles. The Balaban J connectivity index is 1.52. The van der Waals surface area contributed by atoms with Gasteiger partial charge in [0, 0.05) is 31.9 Å². The van der Waals surface area contributed by atoms with E-state index in [2.05, 4.69) is 9.96 Å². The standard InChI is InChI=1S/C16H21F3N2O/c17-16(18,19)13-3-5-14(6-4-13)20-11-7-15(8-12-20)22-21-9-1-2-10-21/h3-6,15H,1-2,7-12H2. The molecule has 0 bridgehead atoms. The molecular formula is C16H21F3N2O. The molecule has 2 heterocycles. The van der Waals surface area contributed by atoms with Crippen molar-refractivity contribution in [3.05, 3.63) is 29.8 Å². The summed E-state index contributed by atoms with van der Waals surface area (Å²) in [6, 6.07) is 5.43. The largest absolute Gasteiger partial charge is 0.416 e. The smallest absolute Gasteiger partial charge is 0.371 e. The van der Waals surface area contributed by atoms with Gasteiger partial charge in [-0.25, -0.2) is 0 Å². The zero-order valence-corrected chi connectivity index (χ0v) is 12.5. The molecule has 2 aliphatic rings. The average Bonchev–Trinajstić information content (AvgIpc) is 3.00. The first-order valence-electron chi connectivity index (χ1n) is 7.86. The molecule has 2 fully saturated rings. The van der Waals surface area contributed by atoms with Crippen molar-refractivity contribution in [1.82, 2.24) is 5.06 Å². The highest BCUT2D eigenvalue weighted by molar-refractivity contribution is 5.48. The lowest BCUT2D eigenvalue weighted by molar-refractivity contribution is -0.188. The van der Waals surface area contributed by atoms with Gasteiger partial charge in [-0.3, -0.25) is 4.84 Å². The summed E-state index contributed by atoms with van der Waals surface area (Å²) in [7, 11) is 0. The highest BCUT2D eigenvalue weighted by Gasteiger charge is 2.30. The Hall–Kier alpha value is -1.27. The number of hydrogen-bond acceptors (Lipinski definition) is 3. The van der Waals surface area contributed by atoms with E-state index in [1.165, 1.54) is 12.8 Å². The van der Waals surface area contributed by atoms with Crippen molar-refractivity contribution in [2.24, 2.45) is 0 Å². The average molecular weight is 314 g/mol. The predicted octanol–water partition coefficient (Wildman–Crippen LogP) is 3.70. The van der Waals surface area contributed by atoms with E-state index >= 15 is 0 Å². The number of piperidine rings is 1. The van der Waals surface area contributed by atoms with E-state index in [1.807, 2.05) is 0 Å². The van der Waals surface area contributed by atoms with Crippen LogP contribution in [0.25, 0.3) is 0 Å². The van der Waals surface area contributed by atoms with Gasteiger partial charge < -0.3 is 4.90 Å². The third-order valence-corrected chi connectivity index (χ3v) is 4.36. The molecule has 3 rings (SSSR count). The van der Waals surface area contributed by atoms with Crippen LogP contribution in [0.5, 0.6) is 0 Å². The van der Waals surface area contributed by atoms with Crippen LogP contribution in [0.3, 0.4) is 0 Å². The molecule has 0 radical (unpaired) electrons. The van der Waals surface area contributed by atoms with Crippen LogP contribution < -0.4 is 4.90 Å². The predicted molar refractivity (Wildman–Crippen MR) is 78.6 cm³/mol. The van der Waals surface area contributed by atoms with Crippen LogP contribution in [0.15, 0.2) is 24.3 Å². The summed E-state index contributed by atoms with van der Waals surface area (Å²) in [5, 5.41) is 2.05. The van der Waals surface area contributed by atoms with Gasteiger partial charge in [0.15, 0.2) is 0 Å². The maximum absolute atomic E-state index is 12.6. The van der Waals surface area contributed by atoms with E-state index in [4.69, 9.17) is 4.84 Å². The second-order valence-electron chi connectivity index (χ2n) is 5.97. The normalized spacial score (nSPS) is 21.5. The van der Waals surface area contributed by atoms with E-state index in [1.54, 1.807) is 12.1 Å². The number of alkyl halides is 3. The topological polar surface area (TPSA) is 15.7 Å². The quantitative estimate of drug-likeness (QED) is 0.846. The van der Waals surface area contributed by atoms with Crippen molar-refractivity contribution >= 4 is 5.69 Å². The summed E-state index contributed by atoms with van der Waals surface area (Å²) in [5.41, 5.74) is 0.260. The van der Waals surface area contributed by atoms with Crippen molar-refractivity contribution in [3.63, 3.8) is 0 Å². The maximum Gasteiger partial charge on any atom is 0.416 e. The molecule has 0 amide bonds. The van der Waals surface area contributed by atoms with E-state index in [0.29, 0.717) is 0 Å². The molecule has 0 aliphatic carbocycles. The first-order chi connectivity index (χ1) is 10.5. The van der Waals surface area contributed by atoms with Crippen LogP contribution in [0.4, 0.5) is 18.9 Å². The van der Waals surface area contributed by atoms with Gasteiger partial charge >= 0.3 is 6.18 Å². The zero-order valence-electron chi connectivity index (χ0n) is 12.5. The fourth-order valence-corrected chi connectivity index (χ4v) is 3.08. The molecule has 6 heteroatoms. The van der Waals surface area contributed by atoms with Gasteiger partial charge in [0.05, 0.1) is 11.7 Å². The third kappa shape index (κ3) is 3.73. The lowest BCUT2D eigenvalue weighted by Crippen LogP contribution is -2.39. The molecule has 122 valence electrons. The maximum atomic E-state index is 12.6. The first-order valence-corrected chi connectivity index (χ1v) is 7.86. The zero-order chi connectivity index (χ0) is 15.6. The van der Waals surface area contributed by atoms with Crippen molar-refractivity contribution in [2.45, 2.75) is 38.0 Å². The molecule has 1 aromatic carbocycles. The molecule has 22 heavy (non-hydrogen) atoms. The second kappa shape index (κ2) is 6.46. The minimum absolute atomic E-state index is 0.240. The number of benzene rings is 1. The summed E-state index contributed by atoms with van der Waals surface area (Å²) in [6.07, 6.45) is 0.197. The highest BCUT2D eigenvalue weighted by Crippen LogP contribution is 2.31. The number of rotatable bonds is 3. The van der Waals surface area contributed by atoms with E-state index in [9.17, 15) is 13.2 Å². The monoisotopic (exact) mass is 314 g/mol. The van der Waals surface area contributed by atoms with Crippen molar-refractivity contribution in [3.8, 4) is 0 Å². The van der Waals surface area contributed by atoms with Crippen LogP contribution in [0.2, 0.25) is 0 Å². The van der Waals surface area contributed by atoms with Crippen LogP contribution in [0.1, 0.15) is 31.2 Å². The van der Waals surface area contributed by atoms with Gasteiger partial charge in [-0.2, -0.15) is 18.2 Å². The Labute approximate surface area is 128 Å². The van der Waals surface area contributed by atoms with Crippen molar-refractivity contribution in [1.29, 1.82) is 0 Å². The van der Waals surface area contributed by atoms with Crippen LogP contribution in [-0.2, 0) is 11.0 Å². The van der Waals surface area contributed by atoms with Crippen LogP contribution in [-0.4, -0.2) is 37.3 Å². The summed E-state index contributed by atoms with van der Waals surface area (Å²) in [4.78, 5) is 8.09. The van der Waals surface area contributed by atoms with Crippen molar-refractivity contribution < 1.29 is 18.0 Å². The number of halogens is 3. The molecule has 0 unspecified atom stereocenters. The van der Waals surface area contributed by atoms with Crippen LogP contribution >= 0.6 is 0 Å². The molecule has 0 aromatic heterocycles. The van der Waals surface area contributed by atoms with E-state index < -0.39 is 11.7 Å². The molecule has 3 nitrogen and oxygen atoms in total. The molecule has 0 saturated carbocycles. The Bertz CT molecular complexity index is 475. The summed E-state index contributed by atoms with van der Waals surface area (Å²) in [5.74, 6) is 0. The number of hydrogen-bond donors (Lipinski definition) is 0. The molecule has 0 N–H and O–H groups in total. The Kier molecular flexibility index (Phi) is 4.59.